The third-order valence-corrected chi connectivity index (χ3v) is 6.86. The lowest BCUT2D eigenvalue weighted by Crippen LogP contribution is -2.48. The second-order valence-electron chi connectivity index (χ2n) is 8.76. The molecule has 0 heterocycles. The SMILES string of the molecule is CSC(C)CC(C)C(C)(C)C(O)C(C)(C)C(C)CC(C)C. The molecule has 4 atom stereocenters. The smallest absolute Gasteiger partial charge is 0.0647 e. The zero-order valence-electron chi connectivity index (χ0n) is 16.2. The van der Waals surface area contributed by atoms with Crippen LogP contribution in [0, 0.1) is 28.6 Å². The molecule has 2 heteroatoms. The van der Waals surface area contributed by atoms with Gasteiger partial charge in [0.2, 0.25) is 0 Å². The van der Waals surface area contributed by atoms with Gasteiger partial charge in [0.05, 0.1) is 6.10 Å². The van der Waals surface area contributed by atoms with Crippen LogP contribution in [-0.2, 0) is 0 Å². The first kappa shape index (κ1) is 21.3. The van der Waals surface area contributed by atoms with Gasteiger partial charge in [-0.15, -0.1) is 0 Å². The van der Waals surface area contributed by atoms with Crippen LogP contribution in [-0.4, -0.2) is 22.7 Å². The summed E-state index contributed by atoms with van der Waals surface area (Å²) < 4.78 is 0. The normalized spacial score (nSPS) is 19.4. The fourth-order valence-electron chi connectivity index (χ4n) is 3.41. The summed E-state index contributed by atoms with van der Waals surface area (Å²) in [4.78, 5) is 0. The highest BCUT2D eigenvalue weighted by molar-refractivity contribution is 7.99. The molecule has 0 radical (unpaired) electrons. The van der Waals surface area contributed by atoms with Crippen molar-refractivity contribution in [1.82, 2.24) is 0 Å². The Morgan fingerprint density at radius 2 is 1.19 bits per heavy atom. The lowest BCUT2D eigenvalue weighted by Gasteiger charge is -2.48. The molecular formula is C19H40OS. The van der Waals surface area contributed by atoms with Crippen molar-refractivity contribution in [3.8, 4) is 0 Å². The van der Waals surface area contributed by atoms with Gasteiger partial charge < -0.3 is 5.11 Å². The van der Waals surface area contributed by atoms with Crippen LogP contribution in [0.1, 0.15) is 75.2 Å². The predicted octanol–water partition coefficient (Wildman–Crippen LogP) is 5.86. The molecule has 0 bridgehead atoms. The number of hydrogen-bond acceptors (Lipinski definition) is 2. The molecule has 0 aromatic heterocycles. The van der Waals surface area contributed by atoms with E-state index in [-0.39, 0.29) is 16.9 Å². The molecule has 4 unspecified atom stereocenters. The monoisotopic (exact) mass is 316 g/mol. The van der Waals surface area contributed by atoms with Gasteiger partial charge in [-0.05, 0) is 47.7 Å². The van der Waals surface area contributed by atoms with Crippen LogP contribution >= 0.6 is 11.8 Å². The predicted molar refractivity (Wildman–Crippen MR) is 98.9 cm³/mol. The zero-order valence-corrected chi connectivity index (χ0v) is 17.0. The van der Waals surface area contributed by atoms with Crippen LogP contribution in [0.25, 0.3) is 0 Å². The summed E-state index contributed by atoms with van der Waals surface area (Å²) in [5.41, 5.74) is -0.108. The van der Waals surface area contributed by atoms with E-state index in [0.717, 1.165) is 0 Å². The van der Waals surface area contributed by atoms with Crippen molar-refractivity contribution < 1.29 is 5.11 Å². The second-order valence-corrected chi connectivity index (χ2v) is 10.0. The lowest BCUT2D eigenvalue weighted by atomic mass is 9.60. The van der Waals surface area contributed by atoms with Crippen LogP contribution in [0.4, 0.5) is 0 Å². The Labute approximate surface area is 138 Å². The van der Waals surface area contributed by atoms with E-state index in [1.165, 1.54) is 12.8 Å². The third kappa shape index (κ3) is 5.78. The Kier molecular flexibility index (Phi) is 8.37. The van der Waals surface area contributed by atoms with Crippen molar-refractivity contribution in [3.63, 3.8) is 0 Å². The van der Waals surface area contributed by atoms with Crippen molar-refractivity contribution in [2.75, 3.05) is 6.26 Å². The zero-order chi connectivity index (χ0) is 17.0. The summed E-state index contributed by atoms with van der Waals surface area (Å²) in [6.45, 7) is 20.4. The molecule has 0 saturated carbocycles. The average Bonchev–Trinajstić information content (AvgIpc) is 2.36. The lowest BCUT2D eigenvalue weighted by molar-refractivity contribution is -0.0917. The first-order chi connectivity index (χ1) is 9.37. The van der Waals surface area contributed by atoms with Crippen LogP contribution < -0.4 is 0 Å². The first-order valence-electron chi connectivity index (χ1n) is 8.58. The minimum atomic E-state index is -0.275. The summed E-state index contributed by atoms with van der Waals surface area (Å²) in [6.07, 6.45) is 4.24. The van der Waals surface area contributed by atoms with Crippen molar-refractivity contribution in [2.45, 2.75) is 86.5 Å². The highest BCUT2D eigenvalue weighted by Crippen LogP contribution is 2.46. The standard InChI is InChI=1S/C19H40OS/c1-13(2)11-14(3)18(6,7)17(20)19(8,9)15(4)12-16(5)21-10/h13-17,20H,11-12H2,1-10H3. The van der Waals surface area contributed by atoms with E-state index >= 15 is 0 Å². The van der Waals surface area contributed by atoms with Crippen LogP contribution in [0.3, 0.4) is 0 Å². The maximum atomic E-state index is 11.1. The largest absolute Gasteiger partial charge is 0.392 e. The number of thioether (sulfide) groups is 1. The van der Waals surface area contributed by atoms with Gasteiger partial charge in [0.1, 0.15) is 0 Å². The molecule has 0 saturated heterocycles. The molecule has 0 aliphatic carbocycles. The van der Waals surface area contributed by atoms with Gasteiger partial charge in [-0.25, -0.2) is 0 Å². The maximum Gasteiger partial charge on any atom is 0.0647 e. The van der Waals surface area contributed by atoms with Gasteiger partial charge in [-0.3, -0.25) is 0 Å². The molecule has 128 valence electrons. The quantitative estimate of drug-likeness (QED) is 0.575. The fraction of sp³-hybridized carbons (Fsp3) is 1.00. The number of aliphatic hydroxyl groups is 1. The van der Waals surface area contributed by atoms with Gasteiger partial charge in [0.25, 0.3) is 0 Å². The van der Waals surface area contributed by atoms with E-state index in [2.05, 4.69) is 68.6 Å². The molecule has 0 aromatic carbocycles. The number of rotatable bonds is 9. The van der Waals surface area contributed by atoms with Gasteiger partial charge >= 0.3 is 0 Å². The number of hydrogen-bond donors (Lipinski definition) is 1. The minimum Gasteiger partial charge on any atom is -0.392 e. The third-order valence-electron chi connectivity index (χ3n) is 5.86. The van der Waals surface area contributed by atoms with Gasteiger partial charge in [-0.2, -0.15) is 11.8 Å². The highest BCUT2D eigenvalue weighted by atomic mass is 32.2. The second kappa shape index (κ2) is 8.24. The minimum absolute atomic E-state index is 0.0510. The van der Waals surface area contributed by atoms with E-state index in [1.54, 1.807) is 0 Å². The van der Waals surface area contributed by atoms with E-state index in [4.69, 9.17) is 0 Å². The molecule has 0 aromatic rings. The van der Waals surface area contributed by atoms with Gasteiger partial charge in [-0.1, -0.05) is 62.3 Å². The molecule has 0 rings (SSSR count). The highest BCUT2D eigenvalue weighted by Gasteiger charge is 2.45. The Morgan fingerprint density at radius 3 is 1.52 bits per heavy atom. The molecule has 21 heavy (non-hydrogen) atoms. The van der Waals surface area contributed by atoms with Crippen molar-refractivity contribution in [3.05, 3.63) is 0 Å². The van der Waals surface area contributed by atoms with E-state index < -0.39 is 0 Å². The first-order valence-corrected chi connectivity index (χ1v) is 9.86. The van der Waals surface area contributed by atoms with Crippen LogP contribution in [0.2, 0.25) is 0 Å². The van der Waals surface area contributed by atoms with Crippen LogP contribution in [0.15, 0.2) is 0 Å². The van der Waals surface area contributed by atoms with Crippen molar-refractivity contribution in [1.29, 1.82) is 0 Å². The van der Waals surface area contributed by atoms with Crippen molar-refractivity contribution >= 4 is 11.8 Å². The molecule has 0 spiro atoms. The Hall–Kier alpha value is 0.310. The number of aliphatic hydroxyl groups excluding tert-OH is 1. The Morgan fingerprint density at radius 1 is 0.810 bits per heavy atom. The fourth-order valence-corrected chi connectivity index (χ4v) is 3.89. The van der Waals surface area contributed by atoms with Gasteiger partial charge in [0, 0.05) is 5.25 Å². The van der Waals surface area contributed by atoms with Crippen molar-refractivity contribution in [2.24, 2.45) is 28.6 Å². The van der Waals surface area contributed by atoms with E-state index in [1.807, 2.05) is 11.8 Å². The van der Waals surface area contributed by atoms with Crippen LogP contribution in [0.5, 0.6) is 0 Å². The summed E-state index contributed by atoms with van der Waals surface area (Å²) in [6, 6.07) is 0. The molecule has 1 nitrogen and oxygen atoms in total. The topological polar surface area (TPSA) is 20.2 Å². The van der Waals surface area contributed by atoms with E-state index in [0.29, 0.717) is 23.0 Å². The maximum absolute atomic E-state index is 11.1. The molecule has 0 amide bonds. The molecule has 1 N–H and O–H groups in total. The summed E-state index contributed by atoms with van der Waals surface area (Å²) in [7, 11) is 0. The van der Waals surface area contributed by atoms with Gasteiger partial charge in [0.15, 0.2) is 0 Å². The summed E-state index contributed by atoms with van der Waals surface area (Å²) in [5, 5.41) is 11.8. The molecule has 0 aliphatic heterocycles. The summed E-state index contributed by atoms with van der Waals surface area (Å²) >= 11 is 1.92. The Bertz CT molecular complexity index is 296. The summed E-state index contributed by atoms with van der Waals surface area (Å²) in [5.74, 6) is 1.72. The average molecular weight is 317 g/mol. The van der Waals surface area contributed by atoms with E-state index in [9.17, 15) is 5.11 Å². The molecule has 0 aliphatic rings. The Balaban J connectivity index is 5.04. The molecule has 0 fully saturated rings. The molecular weight excluding hydrogens is 276 g/mol.